The Kier molecular flexibility index (Phi) is 5.63. The summed E-state index contributed by atoms with van der Waals surface area (Å²) in [5.74, 6) is -0.0437. The van der Waals surface area contributed by atoms with E-state index in [9.17, 15) is 4.79 Å². The molecule has 26 heavy (non-hydrogen) atoms. The van der Waals surface area contributed by atoms with Crippen LogP contribution in [0.4, 0.5) is 0 Å². The van der Waals surface area contributed by atoms with Crippen LogP contribution < -0.4 is 0 Å². The number of benzene rings is 2. The van der Waals surface area contributed by atoms with Gasteiger partial charge < -0.3 is 4.90 Å². The fourth-order valence-electron chi connectivity index (χ4n) is 2.56. The molecular formula is C20H19BrN4O. The van der Waals surface area contributed by atoms with Crippen molar-refractivity contribution in [1.29, 1.82) is 0 Å². The standard InChI is InChI=1S/C20H19BrN4O/c1-15(17-7-9-19(10-8-17)25-14-22-13-23-25)24(2)20(26)11-6-16-4-3-5-18(21)12-16/h3-15H,1-2H3/b11-6+. The van der Waals surface area contributed by atoms with E-state index < -0.39 is 0 Å². The molecule has 3 aromatic rings. The minimum absolute atomic E-state index is 0.0422. The topological polar surface area (TPSA) is 51.0 Å². The Labute approximate surface area is 161 Å². The summed E-state index contributed by atoms with van der Waals surface area (Å²) >= 11 is 3.43. The summed E-state index contributed by atoms with van der Waals surface area (Å²) in [5.41, 5.74) is 2.97. The molecule has 0 aliphatic carbocycles. The molecular weight excluding hydrogens is 392 g/mol. The first-order valence-electron chi connectivity index (χ1n) is 8.20. The Morgan fingerprint density at radius 1 is 1.23 bits per heavy atom. The summed E-state index contributed by atoms with van der Waals surface area (Å²) in [6, 6.07) is 15.7. The van der Waals surface area contributed by atoms with Crippen molar-refractivity contribution in [3.05, 3.63) is 82.9 Å². The van der Waals surface area contributed by atoms with Gasteiger partial charge in [-0.05, 0) is 48.4 Å². The molecule has 0 fully saturated rings. The molecule has 1 amide bonds. The first kappa shape index (κ1) is 18.1. The fraction of sp³-hybridized carbons (Fsp3) is 0.150. The van der Waals surface area contributed by atoms with Gasteiger partial charge in [-0.25, -0.2) is 9.67 Å². The third-order valence-corrected chi connectivity index (χ3v) is 4.75. The number of likely N-dealkylation sites (N-methyl/N-ethyl adjacent to an activating group) is 1. The van der Waals surface area contributed by atoms with Gasteiger partial charge in [0.15, 0.2) is 0 Å². The zero-order chi connectivity index (χ0) is 18.5. The molecule has 0 saturated carbocycles. The van der Waals surface area contributed by atoms with Crippen LogP contribution in [0.1, 0.15) is 24.1 Å². The molecule has 0 radical (unpaired) electrons. The average molecular weight is 411 g/mol. The number of aromatic nitrogens is 3. The SMILES string of the molecule is CC(c1ccc(-n2cncn2)cc1)N(C)C(=O)/C=C/c1cccc(Br)c1. The van der Waals surface area contributed by atoms with Gasteiger partial charge in [0.1, 0.15) is 12.7 Å². The van der Waals surface area contributed by atoms with Gasteiger partial charge in [-0.1, -0.05) is 40.2 Å². The highest BCUT2D eigenvalue weighted by Gasteiger charge is 2.15. The smallest absolute Gasteiger partial charge is 0.246 e. The van der Waals surface area contributed by atoms with E-state index in [1.54, 1.807) is 22.0 Å². The van der Waals surface area contributed by atoms with Gasteiger partial charge in [0.05, 0.1) is 11.7 Å². The second kappa shape index (κ2) is 8.10. The van der Waals surface area contributed by atoms with Crippen molar-refractivity contribution in [3.63, 3.8) is 0 Å². The van der Waals surface area contributed by atoms with E-state index in [-0.39, 0.29) is 11.9 Å². The van der Waals surface area contributed by atoms with E-state index in [2.05, 4.69) is 26.0 Å². The Morgan fingerprint density at radius 3 is 2.65 bits per heavy atom. The van der Waals surface area contributed by atoms with Gasteiger partial charge in [0, 0.05) is 17.6 Å². The molecule has 0 N–H and O–H groups in total. The molecule has 5 nitrogen and oxygen atoms in total. The van der Waals surface area contributed by atoms with Gasteiger partial charge in [0.2, 0.25) is 5.91 Å². The predicted octanol–water partition coefficient (Wildman–Crippen LogP) is 4.26. The van der Waals surface area contributed by atoms with Crippen LogP contribution >= 0.6 is 15.9 Å². The Morgan fingerprint density at radius 2 is 2.00 bits per heavy atom. The number of hydrogen-bond donors (Lipinski definition) is 0. The summed E-state index contributed by atoms with van der Waals surface area (Å²) in [5, 5.41) is 4.11. The molecule has 2 aromatic carbocycles. The summed E-state index contributed by atoms with van der Waals surface area (Å²) in [4.78, 5) is 18.1. The second-order valence-corrected chi connectivity index (χ2v) is 6.86. The van der Waals surface area contributed by atoms with Crippen LogP contribution in [-0.2, 0) is 4.79 Å². The first-order valence-corrected chi connectivity index (χ1v) is 8.99. The highest BCUT2D eigenvalue weighted by atomic mass is 79.9. The average Bonchev–Trinajstić information content (AvgIpc) is 3.20. The monoisotopic (exact) mass is 410 g/mol. The molecule has 6 heteroatoms. The maximum Gasteiger partial charge on any atom is 0.246 e. The van der Waals surface area contributed by atoms with Gasteiger partial charge in [-0.2, -0.15) is 5.10 Å². The summed E-state index contributed by atoms with van der Waals surface area (Å²) in [7, 11) is 1.81. The van der Waals surface area contributed by atoms with Crippen molar-refractivity contribution >= 4 is 27.9 Å². The van der Waals surface area contributed by atoms with Crippen LogP contribution in [0, 0.1) is 0 Å². The molecule has 1 aromatic heterocycles. The third-order valence-electron chi connectivity index (χ3n) is 4.25. The van der Waals surface area contributed by atoms with E-state index >= 15 is 0 Å². The maximum absolute atomic E-state index is 12.5. The van der Waals surface area contributed by atoms with Crippen molar-refractivity contribution in [2.45, 2.75) is 13.0 Å². The van der Waals surface area contributed by atoms with Crippen LogP contribution in [0.2, 0.25) is 0 Å². The number of amides is 1. The number of rotatable bonds is 5. The fourth-order valence-corrected chi connectivity index (χ4v) is 2.97. The lowest BCUT2D eigenvalue weighted by Crippen LogP contribution is -2.27. The minimum Gasteiger partial charge on any atom is -0.335 e. The Balaban J connectivity index is 1.68. The van der Waals surface area contributed by atoms with Gasteiger partial charge >= 0.3 is 0 Å². The molecule has 132 valence electrons. The number of nitrogens with zero attached hydrogens (tertiary/aromatic N) is 4. The quantitative estimate of drug-likeness (QED) is 0.590. The van der Waals surface area contributed by atoms with Crippen molar-refractivity contribution in [2.75, 3.05) is 7.05 Å². The van der Waals surface area contributed by atoms with Gasteiger partial charge in [-0.3, -0.25) is 4.79 Å². The third kappa shape index (κ3) is 4.26. The minimum atomic E-state index is -0.0437. The number of carbonyl (C=O) groups is 1. The molecule has 1 heterocycles. The Bertz CT molecular complexity index is 904. The number of hydrogen-bond acceptors (Lipinski definition) is 3. The largest absolute Gasteiger partial charge is 0.335 e. The molecule has 0 saturated heterocycles. The van der Waals surface area contributed by atoms with Crippen LogP contribution in [0.25, 0.3) is 11.8 Å². The lowest BCUT2D eigenvalue weighted by molar-refractivity contribution is -0.126. The zero-order valence-corrected chi connectivity index (χ0v) is 16.2. The van der Waals surface area contributed by atoms with E-state index in [0.29, 0.717) is 0 Å². The maximum atomic E-state index is 12.5. The highest BCUT2D eigenvalue weighted by molar-refractivity contribution is 9.10. The van der Waals surface area contributed by atoms with Crippen LogP contribution in [-0.4, -0.2) is 32.6 Å². The van der Waals surface area contributed by atoms with E-state index in [1.807, 2.05) is 68.6 Å². The predicted molar refractivity (Wildman–Crippen MR) is 106 cm³/mol. The van der Waals surface area contributed by atoms with E-state index in [1.165, 1.54) is 6.33 Å². The van der Waals surface area contributed by atoms with E-state index in [4.69, 9.17) is 0 Å². The molecule has 3 rings (SSSR count). The molecule has 0 bridgehead atoms. The van der Waals surface area contributed by atoms with Crippen molar-refractivity contribution in [2.24, 2.45) is 0 Å². The van der Waals surface area contributed by atoms with Crippen molar-refractivity contribution in [1.82, 2.24) is 19.7 Å². The Hall–Kier alpha value is -2.73. The van der Waals surface area contributed by atoms with Crippen molar-refractivity contribution < 1.29 is 4.79 Å². The number of carbonyl (C=O) groups excluding carboxylic acids is 1. The highest BCUT2D eigenvalue weighted by Crippen LogP contribution is 2.21. The summed E-state index contributed by atoms with van der Waals surface area (Å²) in [6.07, 6.45) is 6.58. The van der Waals surface area contributed by atoms with Crippen LogP contribution in [0.5, 0.6) is 0 Å². The normalized spacial score (nSPS) is 12.3. The molecule has 1 unspecified atom stereocenters. The lowest BCUT2D eigenvalue weighted by atomic mass is 10.1. The van der Waals surface area contributed by atoms with Crippen LogP contribution in [0.3, 0.4) is 0 Å². The van der Waals surface area contributed by atoms with E-state index in [0.717, 1.165) is 21.3 Å². The molecule has 0 spiro atoms. The summed E-state index contributed by atoms with van der Waals surface area (Å²) < 4.78 is 2.69. The number of halogens is 1. The molecule has 0 aliphatic rings. The van der Waals surface area contributed by atoms with Gasteiger partial charge in [0.25, 0.3) is 0 Å². The molecule has 1 atom stereocenters. The van der Waals surface area contributed by atoms with Crippen LogP contribution in [0.15, 0.2) is 71.7 Å². The zero-order valence-electron chi connectivity index (χ0n) is 14.6. The van der Waals surface area contributed by atoms with Gasteiger partial charge in [-0.15, -0.1) is 0 Å². The molecule has 0 aliphatic heterocycles. The second-order valence-electron chi connectivity index (χ2n) is 5.95. The van der Waals surface area contributed by atoms with Crippen molar-refractivity contribution in [3.8, 4) is 5.69 Å². The first-order chi connectivity index (χ1) is 12.5. The lowest BCUT2D eigenvalue weighted by Gasteiger charge is -2.24. The summed E-state index contributed by atoms with van der Waals surface area (Å²) in [6.45, 7) is 2.01.